The standard InChI is InChI=1S/C30H31N5O3S/c1-18-6-7-22(19(2)16-18)17-39-30-33-29-31-20(3)26(28(36)32-23-10-14-25(38-5)15-11-23)27(35(29)34-30)21-8-12-24(37-4)13-9-21/h6-16,27H,17H2,1-5H3,(H,32,36)(H,31,33,34)/t27-/m1/s1. The number of aromatic nitrogens is 3. The lowest BCUT2D eigenvalue weighted by Crippen LogP contribution is -2.31. The number of nitrogens with one attached hydrogen (secondary N) is 2. The van der Waals surface area contributed by atoms with Crippen LogP contribution in [0.15, 0.2) is 83.2 Å². The second-order valence-electron chi connectivity index (χ2n) is 9.40. The number of rotatable bonds is 8. The lowest BCUT2D eigenvalue weighted by atomic mass is 9.95. The highest BCUT2D eigenvalue weighted by molar-refractivity contribution is 7.98. The van der Waals surface area contributed by atoms with Crippen LogP contribution >= 0.6 is 11.8 Å². The number of carbonyl (C=O) groups excluding carboxylic acids is 1. The van der Waals surface area contributed by atoms with Crippen molar-refractivity contribution in [2.24, 2.45) is 0 Å². The topological polar surface area (TPSA) is 90.3 Å². The van der Waals surface area contributed by atoms with E-state index in [9.17, 15) is 4.79 Å². The van der Waals surface area contributed by atoms with Crippen molar-refractivity contribution in [3.8, 4) is 11.5 Å². The van der Waals surface area contributed by atoms with E-state index in [4.69, 9.17) is 19.6 Å². The van der Waals surface area contributed by atoms with Crippen LogP contribution in [-0.4, -0.2) is 34.9 Å². The number of benzene rings is 3. The number of fused-ring (bicyclic) bond motifs is 1. The number of amides is 1. The van der Waals surface area contributed by atoms with Gasteiger partial charge in [-0.25, -0.2) is 4.68 Å². The van der Waals surface area contributed by atoms with E-state index in [2.05, 4.69) is 42.7 Å². The second kappa shape index (κ2) is 11.2. The molecule has 8 nitrogen and oxygen atoms in total. The summed E-state index contributed by atoms with van der Waals surface area (Å²) >= 11 is 1.57. The maximum atomic E-state index is 13.7. The van der Waals surface area contributed by atoms with Crippen LogP contribution in [0.4, 0.5) is 11.6 Å². The van der Waals surface area contributed by atoms with Gasteiger partial charge in [0.1, 0.15) is 17.5 Å². The van der Waals surface area contributed by atoms with E-state index in [1.807, 2.05) is 55.5 Å². The van der Waals surface area contributed by atoms with E-state index >= 15 is 0 Å². The van der Waals surface area contributed by atoms with Crippen LogP contribution in [0, 0.1) is 13.8 Å². The third-order valence-electron chi connectivity index (χ3n) is 6.71. The molecule has 0 bridgehead atoms. The molecule has 0 saturated carbocycles. The average Bonchev–Trinajstić information content (AvgIpc) is 3.34. The first-order chi connectivity index (χ1) is 18.9. The number of nitrogens with zero attached hydrogens (tertiary/aromatic N) is 3. The highest BCUT2D eigenvalue weighted by Crippen LogP contribution is 2.37. The number of hydrogen-bond donors (Lipinski definition) is 2. The Morgan fingerprint density at radius 3 is 2.28 bits per heavy atom. The van der Waals surface area contributed by atoms with Gasteiger partial charge in [-0.15, -0.1) is 5.10 Å². The molecule has 1 aliphatic heterocycles. The molecule has 1 amide bonds. The number of ether oxygens (including phenoxy) is 2. The number of thioether (sulfide) groups is 1. The van der Waals surface area contributed by atoms with Crippen molar-refractivity contribution in [3.63, 3.8) is 0 Å². The predicted octanol–water partition coefficient (Wildman–Crippen LogP) is 6.13. The van der Waals surface area contributed by atoms with Gasteiger partial charge in [0.15, 0.2) is 0 Å². The van der Waals surface area contributed by atoms with Crippen molar-refractivity contribution >= 4 is 29.3 Å². The lowest BCUT2D eigenvalue weighted by molar-refractivity contribution is -0.113. The van der Waals surface area contributed by atoms with Crippen LogP contribution in [0.25, 0.3) is 0 Å². The fourth-order valence-corrected chi connectivity index (χ4v) is 5.51. The molecule has 1 atom stereocenters. The first-order valence-electron chi connectivity index (χ1n) is 12.6. The van der Waals surface area contributed by atoms with Crippen LogP contribution < -0.4 is 20.1 Å². The summed E-state index contributed by atoms with van der Waals surface area (Å²) in [6.45, 7) is 6.11. The third kappa shape index (κ3) is 5.63. The van der Waals surface area contributed by atoms with Crippen LogP contribution in [0.2, 0.25) is 0 Å². The SMILES string of the molecule is COc1ccc(NC(=O)C2=C(C)Nc3nc(SCc4ccc(C)cc4C)nn3[C@@H]2c2ccc(OC)cc2)cc1. The Kier molecular flexibility index (Phi) is 7.60. The van der Waals surface area contributed by atoms with E-state index in [1.165, 1.54) is 16.7 Å². The number of allylic oxidation sites excluding steroid dienone is 1. The molecule has 39 heavy (non-hydrogen) atoms. The van der Waals surface area contributed by atoms with Crippen molar-refractivity contribution in [3.05, 3.63) is 100 Å². The molecule has 0 aliphatic carbocycles. The number of hydrogen-bond acceptors (Lipinski definition) is 7. The minimum Gasteiger partial charge on any atom is -0.497 e. The number of aryl methyl sites for hydroxylation is 2. The predicted molar refractivity (Wildman–Crippen MR) is 155 cm³/mol. The summed E-state index contributed by atoms with van der Waals surface area (Å²) in [5, 5.41) is 11.8. The quantitative estimate of drug-likeness (QED) is 0.259. The molecule has 5 rings (SSSR count). The first kappa shape index (κ1) is 26.4. The molecule has 200 valence electrons. The summed E-state index contributed by atoms with van der Waals surface area (Å²) in [4.78, 5) is 18.5. The van der Waals surface area contributed by atoms with E-state index < -0.39 is 6.04 Å². The number of methoxy groups -OCH3 is 2. The molecule has 3 aromatic carbocycles. The van der Waals surface area contributed by atoms with Gasteiger partial charge in [0.2, 0.25) is 11.1 Å². The van der Waals surface area contributed by atoms with Crippen molar-refractivity contribution in [1.82, 2.24) is 14.8 Å². The molecule has 9 heteroatoms. The fourth-order valence-electron chi connectivity index (χ4n) is 4.60. The van der Waals surface area contributed by atoms with Gasteiger partial charge in [-0.2, -0.15) is 4.98 Å². The maximum absolute atomic E-state index is 13.7. The van der Waals surface area contributed by atoms with E-state index in [-0.39, 0.29) is 5.91 Å². The fraction of sp³-hybridized carbons (Fsp3) is 0.233. The number of carbonyl (C=O) groups is 1. The number of anilines is 2. The van der Waals surface area contributed by atoms with E-state index in [0.717, 1.165) is 22.8 Å². The van der Waals surface area contributed by atoms with Crippen molar-refractivity contribution in [2.45, 2.75) is 37.7 Å². The minimum absolute atomic E-state index is 0.225. The van der Waals surface area contributed by atoms with E-state index in [0.29, 0.717) is 28.1 Å². The maximum Gasteiger partial charge on any atom is 0.255 e. The Hall–Kier alpha value is -4.24. The normalized spacial score (nSPS) is 14.4. The molecular weight excluding hydrogens is 510 g/mol. The van der Waals surface area contributed by atoms with Gasteiger partial charge in [-0.3, -0.25) is 4.79 Å². The summed E-state index contributed by atoms with van der Waals surface area (Å²) in [7, 11) is 3.24. The lowest BCUT2D eigenvalue weighted by Gasteiger charge is -2.28. The van der Waals surface area contributed by atoms with Gasteiger partial charge in [0.25, 0.3) is 5.91 Å². The Bertz CT molecular complexity index is 1530. The van der Waals surface area contributed by atoms with Crippen molar-refractivity contribution in [2.75, 3.05) is 24.9 Å². The molecule has 0 saturated heterocycles. The Morgan fingerprint density at radius 2 is 1.64 bits per heavy atom. The Balaban J connectivity index is 1.47. The molecule has 1 aliphatic rings. The zero-order valence-electron chi connectivity index (χ0n) is 22.6. The Morgan fingerprint density at radius 1 is 0.974 bits per heavy atom. The molecule has 0 radical (unpaired) electrons. The first-order valence-corrected chi connectivity index (χ1v) is 13.6. The molecule has 2 heterocycles. The smallest absolute Gasteiger partial charge is 0.255 e. The summed E-state index contributed by atoms with van der Waals surface area (Å²) < 4.78 is 12.4. The molecule has 2 N–H and O–H groups in total. The monoisotopic (exact) mass is 541 g/mol. The van der Waals surface area contributed by atoms with Crippen molar-refractivity contribution < 1.29 is 14.3 Å². The average molecular weight is 542 g/mol. The van der Waals surface area contributed by atoms with Crippen molar-refractivity contribution in [1.29, 1.82) is 0 Å². The largest absolute Gasteiger partial charge is 0.497 e. The molecular formula is C30H31N5O3S. The van der Waals surface area contributed by atoms with Crippen LogP contribution in [0.3, 0.4) is 0 Å². The van der Waals surface area contributed by atoms with Gasteiger partial charge < -0.3 is 20.1 Å². The van der Waals surface area contributed by atoms with Gasteiger partial charge in [-0.05, 0) is 73.9 Å². The molecule has 4 aromatic rings. The van der Waals surface area contributed by atoms with Gasteiger partial charge in [0.05, 0.1) is 19.8 Å². The minimum atomic E-state index is -0.478. The Labute approximate surface area is 232 Å². The summed E-state index contributed by atoms with van der Waals surface area (Å²) in [6, 6.07) is 20.9. The van der Waals surface area contributed by atoms with Gasteiger partial charge in [-0.1, -0.05) is 47.7 Å². The van der Waals surface area contributed by atoms with E-state index in [1.54, 1.807) is 30.7 Å². The van der Waals surface area contributed by atoms with Gasteiger partial charge >= 0.3 is 0 Å². The molecule has 1 aromatic heterocycles. The third-order valence-corrected chi connectivity index (χ3v) is 7.60. The molecule has 0 unspecified atom stereocenters. The highest BCUT2D eigenvalue weighted by atomic mass is 32.2. The van der Waals surface area contributed by atoms with Gasteiger partial charge in [0, 0.05) is 17.1 Å². The second-order valence-corrected chi connectivity index (χ2v) is 10.3. The van der Waals surface area contributed by atoms with Crippen LogP contribution in [0.5, 0.6) is 11.5 Å². The molecule has 0 fully saturated rings. The zero-order chi connectivity index (χ0) is 27.5. The molecule has 0 spiro atoms. The van der Waals surface area contributed by atoms with Crippen LogP contribution in [-0.2, 0) is 10.5 Å². The summed E-state index contributed by atoms with van der Waals surface area (Å²) in [5.74, 6) is 2.58. The van der Waals surface area contributed by atoms with Crippen LogP contribution in [0.1, 0.15) is 35.2 Å². The summed E-state index contributed by atoms with van der Waals surface area (Å²) in [5.41, 5.74) is 6.57. The zero-order valence-corrected chi connectivity index (χ0v) is 23.4. The highest BCUT2D eigenvalue weighted by Gasteiger charge is 2.34. The summed E-state index contributed by atoms with van der Waals surface area (Å²) in [6.07, 6.45) is 0.